The van der Waals surface area contributed by atoms with Crippen LogP contribution in [0.1, 0.15) is 35.5 Å². The van der Waals surface area contributed by atoms with Crippen LogP contribution in [-0.2, 0) is 16.1 Å². The second kappa shape index (κ2) is 8.56. The van der Waals surface area contributed by atoms with Crippen molar-refractivity contribution in [1.29, 1.82) is 0 Å². The molecule has 6 nitrogen and oxygen atoms in total. The summed E-state index contributed by atoms with van der Waals surface area (Å²) in [6.45, 7) is 7.74. The quantitative estimate of drug-likeness (QED) is 0.738. The van der Waals surface area contributed by atoms with Crippen LogP contribution in [0.2, 0.25) is 10.2 Å². The fraction of sp³-hybridized carbons (Fsp3) is 0.389. The van der Waals surface area contributed by atoms with Gasteiger partial charge >= 0.3 is 5.97 Å². The van der Waals surface area contributed by atoms with E-state index < -0.39 is 18.5 Å². The zero-order chi connectivity index (χ0) is 19.4. The summed E-state index contributed by atoms with van der Waals surface area (Å²) in [6, 6.07) is 5.24. The zero-order valence-electron chi connectivity index (χ0n) is 15.1. The van der Waals surface area contributed by atoms with Gasteiger partial charge in [0.25, 0.3) is 5.91 Å². The monoisotopic (exact) mass is 397 g/mol. The summed E-state index contributed by atoms with van der Waals surface area (Å²) in [5, 5.41) is 7.48. The van der Waals surface area contributed by atoms with Gasteiger partial charge in [-0.05, 0) is 37.5 Å². The molecular weight excluding hydrogens is 377 g/mol. The van der Waals surface area contributed by atoms with E-state index in [0.717, 1.165) is 5.56 Å². The standard InChI is InChI=1S/C18H21Cl2N3O3/c1-10(2)8-23-17(20)16(12(4)22-23)18(25)26-9-15(24)21-14-6-5-11(3)7-13(14)19/h5-7,10H,8-9H2,1-4H3,(H,21,24). The molecule has 1 amide bonds. The SMILES string of the molecule is Cc1ccc(NC(=O)COC(=O)c2c(C)nn(CC(C)C)c2Cl)c(Cl)c1. The first kappa shape index (κ1) is 20.3. The van der Waals surface area contributed by atoms with E-state index in [2.05, 4.69) is 10.4 Å². The van der Waals surface area contributed by atoms with Crippen LogP contribution in [0.15, 0.2) is 18.2 Å². The Labute approximate surface area is 162 Å². The van der Waals surface area contributed by atoms with Gasteiger partial charge < -0.3 is 10.1 Å². The molecule has 0 aliphatic rings. The van der Waals surface area contributed by atoms with Gasteiger partial charge in [0.2, 0.25) is 0 Å². The molecule has 0 fully saturated rings. The normalized spacial score (nSPS) is 10.9. The molecule has 8 heteroatoms. The molecule has 1 heterocycles. The molecule has 0 atom stereocenters. The van der Waals surface area contributed by atoms with E-state index in [1.165, 1.54) is 0 Å². The number of esters is 1. The Morgan fingerprint density at radius 1 is 1.27 bits per heavy atom. The first-order chi connectivity index (χ1) is 12.2. The maximum absolute atomic E-state index is 12.3. The number of hydrogen-bond acceptors (Lipinski definition) is 4. The van der Waals surface area contributed by atoms with E-state index in [1.54, 1.807) is 23.7 Å². The van der Waals surface area contributed by atoms with Gasteiger partial charge in [0.15, 0.2) is 6.61 Å². The number of amides is 1. The summed E-state index contributed by atoms with van der Waals surface area (Å²) in [7, 11) is 0. The van der Waals surface area contributed by atoms with Crippen molar-refractivity contribution >= 4 is 40.8 Å². The molecule has 1 aromatic carbocycles. The Bertz CT molecular complexity index is 831. The minimum absolute atomic E-state index is 0.175. The Morgan fingerprint density at radius 3 is 2.58 bits per heavy atom. The van der Waals surface area contributed by atoms with Crippen molar-refractivity contribution in [3.05, 3.63) is 45.2 Å². The number of nitrogens with zero attached hydrogens (tertiary/aromatic N) is 2. The highest BCUT2D eigenvalue weighted by molar-refractivity contribution is 6.34. The van der Waals surface area contributed by atoms with Crippen LogP contribution in [-0.4, -0.2) is 28.3 Å². The number of anilines is 1. The van der Waals surface area contributed by atoms with Crippen LogP contribution in [0.4, 0.5) is 5.69 Å². The van der Waals surface area contributed by atoms with Gasteiger partial charge in [0, 0.05) is 6.54 Å². The number of rotatable bonds is 6. The maximum Gasteiger partial charge on any atom is 0.343 e. The summed E-state index contributed by atoms with van der Waals surface area (Å²) in [5.41, 5.74) is 2.07. The molecule has 1 aromatic heterocycles. The second-order valence-electron chi connectivity index (χ2n) is 6.43. The highest BCUT2D eigenvalue weighted by Gasteiger charge is 2.22. The number of halogens is 2. The molecule has 26 heavy (non-hydrogen) atoms. The third-order valence-corrected chi connectivity index (χ3v) is 4.24. The van der Waals surface area contributed by atoms with Gasteiger partial charge in [-0.1, -0.05) is 43.1 Å². The van der Waals surface area contributed by atoms with Crippen LogP contribution < -0.4 is 5.32 Å². The largest absolute Gasteiger partial charge is 0.452 e. The molecule has 2 rings (SSSR count). The van der Waals surface area contributed by atoms with Crippen LogP contribution >= 0.6 is 23.2 Å². The van der Waals surface area contributed by atoms with Crippen LogP contribution in [0.5, 0.6) is 0 Å². The first-order valence-electron chi connectivity index (χ1n) is 8.15. The van der Waals surface area contributed by atoms with Gasteiger partial charge in [0.05, 0.1) is 16.4 Å². The average Bonchev–Trinajstić information content (AvgIpc) is 2.81. The predicted molar refractivity (Wildman–Crippen MR) is 102 cm³/mol. The first-order valence-corrected chi connectivity index (χ1v) is 8.90. The lowest BCUT2D eigenvalue weighted by atomic mass is 10.2. The van der Waals surface area contributed by atoms with E-state index in [0.29, 0.717) is 28.9 Å². The van der Waals surface area contributed by atoms with Crippen molar-refractivity contribution in [2.75, 3.05) is 11.9 Å². The molecular formula is C18H21Cl2N3O3. The van der Waals surface area contributed by atoms with E-state index in [1.807, 2.05) is 26.8 Å². The molecule has 140 valence electrons. The minimum atomic E-state index is -0.687. The van der Waals surface area contributed by atoms with Crippen LogP contribution in [0.3, 0.4) is 0 Å². The third kappa shape index (κ3) is 4.99. The Morgan fingerprint density at radius 2 is 1.96 bits per heavy atom. The number of nitrogens with one attached hydrogen (secondary N) is 1. The summed E-state index contributed by atoms with van der Waals surface area (Å²) in [6.07, 6.45) is 0. The average molecular weight is 398 g/mol. The molecule has 0 saturated heterocycles. The highest BCUT2D eigenvalue weighted by atomic mass is 35.5. The van der Waals surface area contributed by atoms with Gasteiger partial charge in [0.1, 0.15) is 10.7 Å². The highest BCUT2D eigenvalue weighted by Crippen LogP contribution is 2.23. The van der Waals surface area contributed by atoms with E-state index >= 15 is 0 Å². The second-order valence-corrected chi connectivity index (χ2v) is 7.20. The van der Waals surface area contributed by atoms with Crippen molar-refractivity contribution in [2.45, 2.75) is 34.2 Å². The molecule has 2 aromatic rings. The number of ether oxygens (including phenoxy) is 1. The predicted octanol–water partition coefficient (Wildman–Crippen LogP) is 4.26. The molecule has 0 bridgehead atoms. The number of benzene rings is 1. The molecule has 0 spiro atoms. The van der Waals surface area contributed by atoms with Crippen molar-refractivity contribution in [2.24, 2.45) is 5.92 Å². The Hall–Kier alpha value is -2.05. The van der Waals surface area contributed by atoms with Crippen molar-refractivity contribution in [3.8, 4) is 0 Å². The molecule has 0 aliphatic carbocycles. The molecule has 0 unspecified atom stereocenters. The fourth-order valence-electron chi connectivity index (χ4n) is 2.36. The lowest BCUT2D eigenvalue weighted by Gasteiger charge is -2.09. The molecule has 1 N–H and O–H groups in total. The number of carbonyl (C=O) groups excluding carboxylic acids is 2. The van der Waals surface area contributed by atoms with E-state index in [9.17, 15) is 9.59 Å². The molecule has 0 aliphatic heterocycles. The Kier molecular flexibility index (Phi) is 6.67. The minimum Gasteiger partial charge on any atom is -0.452 e. The summed E-state index contributed by atoms with van der Waals surface area (Å²) < 4.78 is 6.63. The lowest BCUT2D eigenvalue weighted by molar-refractivity contribution is -0.119. The zero-order valence-corrected chi connectivity index (χ0v) is 16.6. The topological polar surface area (TPSA) is 73.2 Å². The van der Waals surface area contributed by atoms with Gasteiger partial charge in [-0.15, -0.1) is 0 Å². The van der Waals surface area contributed by atoms with Gasteiger partial charge in [-0.3, -0.25) is 9.48 Å². The fourth-order valence-corrected chi connectivity index (χ4v) is 2.97. The summed E-state index contributed by atoms with van der Waals surface area (Å²) >= 11 is 12.3. The van der Waals surface area contributed by atoms with Gasteiger partial charge in [-0.25, -0.2) is 4.79 Å². The lowest BCUT2D eigenvalue weighted by Crippen LogP contribution is -2.21. The molecule has 0 radical (unpaired) electrons. The van der Waals surface area contributed by atoms with Crippen LogP contribution in [0.25, 0.3) is 0 Å². The molecule has 0 saturated carbocycles. The van der Waals surface area contributed by atoms with Crippen molar-refractivity contribution in [1.82, 2.24) is 9.78 Å². The number of aromatic nitrogens is 2. The number of carbonyl (C=O) groups is 2. The van der Waals surface area contributed by atoms with Gasteiger partial charge in [-0.2, -0.15) is 5.10 Å². The number of hydrogen-bond donors (Lipinski definition) is 1. The summed E-state index contributed by atoms with van der Waals surface area (Å²) in [4.78, 5) is 24.3. The van der Waals surface area contributed by atoms with E-state index in [4.69, 9.17) is 27.9 Å². The smallest absolute Gasteiger partial charge is 0.343 e. The summed E-state index contributed by atoms with van der Waals surface area (Å²) in [5.74, 6) is -0.860. The van der Waals surface area contributed by atoms with Crippen molar-refractivity contribution in [3.63, 3.8) is 0 Å². The van der Waals surface area contributed by atoms with Crippen molar-refractivity contribution < 1.29 is 14.3 Å². The maximum atomic E-state index is 12.3. The third-order valence-electron chi connectivity index (χ3n) is 3.54. The van der Waals surface area contributed by atoms with E-state index in [-0.39, 0.29) is 10.7 Å². The van der Waals surface area contributed by atoms with Crippen LogP contribution in [0, 0.1) is 19.8 Å². The number of aryl methyl sites for hydroxylation is 2. The Balaban J connectivity index is 2.00.